The molecule has 0 saturated carbocycles. The van der Waals surface area contributed by atoms with Crippen LogP contribution < -0.4 is 9.62 Å². The van der Waals surface area contributed by atoms with Crippen molar-refractivity contribution in [3.05, 3.63) is 131 Å². The van der Waals surface area contributed by atoms with Crippen molar-refractivity contribution in [1.82, 2.24) is 10.2 Å². The highest BCUT2D eigenvalue weighted by molar-refractivity contribution is 7.92. The van der Waals surface area contributed by atoms with Crippen LogP contribution in [0.1, 0.15) is 37.0 Å². The molecular formula is C35H38ClN3O4S. The van der Waals surface area contributed by atoms with Gasteiger partial charge in [0.15, 0.2) is 0 Å². The molecule has 0 heterocycles. The van der Waals surface area contributed by atoms with Crippen molar-refractivity contribution in [2.75, 3.05) is 17.4 Å². The van der Waals surface area contributed by atoms with Crippen molar-refractivity contribution in [3.63, 3.8) is 0 Å². The van der Waals surface area contributed by atoms with Gasteiger partial charge in [0.1, 0.15) is 12.6 Å². The molecule has 230 valence electrons. The minimum Gasteiger partial charge on any atom is -0.354 e. The monoisotopic (exact) mass is 631 g/mol. The molecule has 1 atom stereocenters. The molecule has 7 nitrogen and oxygen atoms in total. The molecule has 1 N–H and O–H groups in total. The molecule has 4 aromatic rings. The molecule has 4 rings (SSSR count). The molecule has 0 aromatic heterocycles. The number of rotatable bonds is 14. The predicted molar refractivity (Wildman–Crippen MR) is 176 cm³/mol. The third-order valence-electron chi connectivity index (χ3n) is 7.36. The molecule has 0 aliphatic heterocycles. The average Bonchev–Trinajstić information content (AvgIpc) is 3.05. The molecule has 9 heteroatoms. The summed E-state index contributed by atoms with van der Waals surface area (Å²) in [5, 5.41) is 3.39. The molecule has 0 bridgehead atoms. The number of sulfonamides is 1. The van der Waals surface area contributed by atoms with Crippen molar-refractivity contribution < 1.29 is 18.0 Å². The fraction of sp³-hybridized carbons (Fsp3) is 0.257. The summed E-state index contributed by atoms with van der Waals surface area (Å²) in [5.74, 6) is -0.850. The van der Waals surface area contributed by atoms with E-state index in [2.05, 4.69) is 5.32 Å². The Balaban J connectivity index is 1.80. The molecule has 4 aromatic carbocycles. The average molecular weight is 632 g/mol. The number of carbonyl (C=O) groups is 2. The van der Waals surface area contributed by atoms with Crippen LogP contribution in [-0.2, 0) is 39.0 Å². The minimum atomic E-state index is -4.14. The third kappa shape index (κ3) is 8.27. The smallest absolute Gasteiger partial charge is 0.264 e. The molecule has 2 amide bonds. The zero-order valence-corrected chi connectivity index (χ0v) is 26.6. The van der Waals surface area contributed by atoms with E-state index in [1.165, 1.54) is 17.0 Å². The Kier molecular flexibility index (Phi) is 11.6. The van der Waals surface area contributed by atoms with Gasteiger partial charge in [0.25, 0.3) is 10.0 Å². The van der Waals surface area contributed by atoms with Gasteiger partial charge in [-0.05, 0) is 59.9 Å². The van der Waals surface area contributed by atoms with Gasteiger partial charge in [0, 0.05) is 24.5 Å². The summed E-state index contributed by atoms with van der Waals surface area (Å²) in [6, 6.07) is 30.8. The van der Waals surface area contributed by atoms with E-state index in [9.17, 15) is 18.0 Å². The van der Waals surface area contributed by atoms with E-state index in [0.717, 1.165) is 28.3 Å². The van der Waals surface area contributed by atoms with Gasteiger partial charge in [-0.2, -0.15) is 0 Å². The Hall–Kier alpha value is -4.14. The van der Waals surface area contributed by atoms with Gasteiger partial charge < -0.3 is 10.2 Å². The van der Waals surface area contributed by atoms with Crippen molar-refractivity contribution in [2.45, 2.75) is 50.6 Å². The Morgan fingerprint density at radius 3 is 2.02 bits per heavy atom. The molecule has 0 aliphatic carbocycles. The molecule has 0 fully saturated rings. The van der Waals surface area contributed by atoms with Gasteiger partial charge in [-0.15, -0.1) is 0 Å². The van der Waals surface area contributed by atoms with E-state index in [1.54, 1.807) is 48.5 Å². The summed E-state index contributed by atoms with van der Waals surface area (Å²) in [4.78, 5) is 29.7. The van der Waals surface area contributed by atoms with Crippen molar-refractivity contribution in [3.8, 4) is 0 Å². The topological polar surface area (TPSA) is 86.8 Å². The number of halogens is 1. The van der Waals surface area contributed by atoms with Crippen LogP contribution in [0.2, 0.25) is 5.02 Å². The normalized spacial score (nSPS) is 11.9. The van der Waals surface area contributed by atoms with E-state index in [1.807, 2.05) is 62.4 Å². The second-order valence-electron chi connectivity index (χ2n) is 10.5. The lowest BCUT2D eigenvalue weighted by atomic mass is 10.0. The molecule has 0 radical (unpaired) electrons. The standard InChI is InChI=1S/C35H38ClN3O4S/c1-3-23-37-35(41)33(24-28-13-7-5-8-14-28)38(25-29-15-11-12-18-32(29)36)34(40)26-39(30-21-19-27(4-2)20-22-30)44(42,43)31-16-9-6-10-17-31/h5-22,33H,3-4,23-26H2,1-2H3,(H,37,41)/t33-/m0/s1. The van der Waals surface area contributed by atoms with Gasteiger partial charge in [-0.25, -0.2) is 8.42 Å². The van der Waals surface area contributed by atoms with Gasteiger partial charge in [-0.3, -0.25) is 13.9 Å². The SMILES string of the molecule is CCCNC(=O)[C@H](Cc1ccccc1)N(Cc1ccccc1Cl)C(=O)CN(c1ccc(CC)cc1)S(=O)(=O)c1ccccc1. The van der Waals surface area contributed by atoms with Crippen molar-refractivity contribution >= 4 is 39.1 Å². The molecule has 0 aliphatic rings. The summed E-state index contributed by atoms with van der Waals surface area (Å²) >= 11 is 6.54. The quantitative estimate of drug-likeness (QED) is 0.178. The fourth-order valence-corrected chi connectivity index (χ4v) is 6.51. The number of carbonyl (C=O) groups excluding carboxylic acids is 2. The Labute approximate surface area is 265 Å². The number of nitrogens with zero attached hydrogens (tertiary/aromatic N) is 2. The first kappa shape index (κ1) is 32.8. The highest BCUT2D eigenvalue weighted by Gasteiger charge is 2.34. The van der Waals surface area contributed by atoms with Gasteiger partial charge in [-0.1, -0.05) is 104 Å². The first-order valence-corrected chi connectivity index (χ1v) is 16.6. The lowest BCUT2D eigenvalue weighted by Gasteiger charge is -2.34. The number of benzene rings is 4. The third-order valence-corrected chi connectivity index (χ3v) is 9.52. The van der Waals surface area contributed by atoms with Crippen molar-refractivity contribution in [2.24, 2.45) is 0 Å². The second kappa shape index (κ2) is 15.5. The van der Waals surface area contributed by atoms with Gasteiger partial charge >= 0.3 is 0 Å². The number of aryl methyl sites for hydroxylation is 1. The Bertz CT molecular complexity index is 1630. The van der Waals surface area contributed by atoms with Crippen molar-refractivity contribution in [1.29, 1.82) is 0 Å². The number of anilines is 1. The number of amides is 2. The largest absolute Gasteiger partial charge is 0.354 e. The highest BCUT2D eigenvalue weighted by atomic mass is 35.5. The van der Waals surface area contributed by atoms with Crippen LogP contribution in [0.4, 0.5) is 5.69 Å². The maximum Gasteiger partial charge on any atom is 0.264 e. The van der Waals surface area contributed by atoms with Crippen LogP contribution in [0.5, 0.6) is 0 Å². The van der Waals surface area contributed by atoms with Crippen LogP contribution in [0.15, 0.2) is 114 Å². The number of nitrogens with one attached hydrogen (secondary N) is 1. The minimum absolute atomic E-state index is 0.0174. The Morgan fingerprint density at radius 2 is 1.41 bits per heavy atom. The zero-order chi connectivity index (χ0) is 31.5. The van der Waals surface area contributed by atoms with Crippen LogP contribution in [0, 0.1) is 0 Å². The van der Waals surface area contributed by atoms with E-state index >= 15 is 0 Å². The second-order valence-corrected chi connectivity index (χ2v) is 12.7. The van der Waals surface area contributed by atoms with E-state index in [0.29, 0.717) is 22.8 Å². The van der Waals surface area contributed by atoms with Gasteiger partial charge in [0.05, 0.1) is 10.6 Å². The van der Waals surface area contributed by atoms with Crippen LogP contribution >= 0.6 is 11.6 Å². The summed E-state index contributed by atoms with van der Waals surface area (Å²) in [7, 11) is -4.14. The van der Waals surface area contributed by atoms with Gasteiger partial charge in [0.2, 0.25) is 11.8 Å². The maximum atomic E-state index is 14.5. The summed E-state index contributed by atoms with van der Waals surface area (Å²) in [6.07, 6.45) is 1.74. The zero-order valence-electron chi connectivity index (χ0n) is 25.0. The molecule has 44 heavy (non-hydrogen) atoms. The van der Waals surface area contributed by atoms with E-state index in [4.69, 9.17) is 11.6 Å². The fourth-order valence-electron chi connectivity index (χ4n) is 4.88. The predicted octanol–water partition coefficient (Wildman–Crippen LogP) is 6.26. The molecule has 0 saturated heterocycles. The number of hydrogen-bond donors (Lipinski definition) is 1. The molecule has 0 unspecified atom stereocenters. The summed E-state index contributed by atoms with van der Waals surface area (Å²) in [6.45, 7) is 3.91. The molecule has 0 spiro atoms. The maximum absolute atomic E-state index is 14.5. The first-order chi connectivity index (χ1) is 21.2. The molecular weight excluding hydrogens is 594 g/mol. The van der Waals surface area contributed by atoms with E-state index in [-0.39, 0.29) is 23.8 Å². The first-order valence-electron chi connectivity index (χ1n) is 14.8. The van der Waals surface area contributed by atoms with Crippen LogP contribution in [0.25, 0.3) is 0 Å². The lowest BCUT2D eigenvalue weighted by Crippen LogP contribution is -2.53. The summed E-state index contributed by atoms with van der Waals surface area (Å²) in [5.41, 5.74) is 2.90. The van der Waals surface area contributed by atoms with Crippen LogP contribution in [-0.4, -0.2) is 44.3 Å². The highest BCUT2D eigenvalue weighted by Crippen LogP contribution is 2.26. The lowest BCUT2D eigenvalue weighted by molar-refractivity contribution is -0.140. The van der Waals surface area contributed by atoms with E-state index < -0.39 is 28.5 Å². The number of hydrogen-bond acceptors (Lipinski definition) is 4. The summed E-state index contributed by atoms with van der Waals surface area (Å²) < 4.78 is 29.2. The Morgan fingerprint density at radius 1 is 0.795 bits per heavy atom. The van der Waals surface area contributed by atoms with Crippen LogP contribution in [0.3, 0.4) is 0 Å².